The standard InChI is InChI=1S/C15H17Cl/c1-12(11-16)9-10-14-7-4-6-13-5-2-3-8-15(13)14/h2-8,12H,9-11H2,1H3. The Morgan fingerprint density at radius 1 is 1.06 bits per heavy atom. The Bertz CT molecular complexity index is 456. The number of benzene rings is 2. The third-order valence-electron chi connectivity index (χ3n) is 3.05. The lowest BCUT2D eigenvalue weighted by atomic mass is 9.97. The van der Waals surface area contributed by atoms with Crippen LogP contribution in [0.15, 0.2) is 42.5 Å². The predicted octanol–water partition coefficient (Wildman–Crippen LogP) is 4.65. The van der Waals surface area contributed by atoms with Gasteiger partial charge in [0.2, 0.25) is 0 Å². The third kappa shape index (κ3) is 2.56. The van der Waals surface area contributed by atoms with E-state index in [0.29, 0.717) is 5.92 Å². The predicted molar refractivity (Wildman–Crippen MR) is 72.2 cm³/mol. The summed E-state index contributed by atoms with van der Waals surface area (Å²) in [5, 5.41) is 2.71. The smallest absolute Gasteiger partial charge is 0.0249 e. The van der Waals surface area contributed by atoms with E-state index in [0.717, 1.165) is 18.7 Å². The van der Waals surface area contributed by atoms with E-state index in [1.807, 2.05) is 0 Å². The fourth-order valence-electron chi connectivity index (χ4n) is 1.99. The zero-order chi connectivity index (χ0) is 11.4. The van der Waals surface area contributed by atoms with Crippen molar-refractivity contribution in [2.24, 2.45) is 5.92 Å². The maximum atomic E-state index is 5.84. The summed E-state index contributed by atoms with van der Waals surface area (Å²) in [6, 6.07) is 15.1. The second-order valence-corrected chi connectivity index (χ2v) is 4.75. The number of hydrogen-bond donors (Lipinski definition) is 0. The van der Waals surface area contributed by atoms with Crippen LogP contribution in [0.2, 0.25) is 0 Å². The molecule has 0 fully saturated rings. The first-order valence-electron chi connectivity index (χ1n) is 5.84. The van der Waals surface area contributed by atoms with Gasteiger partial charge in [-0.15, -0.1) is 11.6 Å². The molecule has 0 bridgehead atoms. The molecule has 0 aliphatic rings. The van der Waals surface area contributed by atoms with E-state index in [4.69, 9.17) is 11.6 Å². The number of hydrogen-bond acceptors (Lipinski definition) is 0. The molecule has 0 saturated heterocycles. The highest BCUT2D eigenvalue weighted by Crippen LogP contribution is 2.21. The minimum absolute atomic E-state index is 0.598. The van der Waals surface area contributed by atoms with Crippen LogP contribution in [0.25, 0.3) is 10.8 Å². The molecule has 0 nitrogen and oxygen atoms in total. The van der Waals surface area contributed by atoms with Crippen molar-refractivity contribution in [2.75, 3.05) is 5.88 Å². The second-order valence-electron chi connectivity index (χ2n) is 4.44. The fourth-order valence-corrected chi connectivity index (χ4v) is 2.14. The zero-order valence-electron chi connectivity index (χ0n) is 9.62. The maximum Gasteiger partial charge on any atom is 0.0249 e. The SMILES string of the molecule is CC(CCl)CCc1cccc2ccccc12. The van der Waals surface area contributed by atoms with Gasteiger partial charge in [-0.1, -0.05) is 49.4 Å². The Hall–Kier alpha value is -1.01. The summed E-state index contributed by atoms with van der Waals surface area (Å²) in [6.07, 6.45) is 2.28. The van der Waals surface area contributed by atoms with Crippen LogP contribution in [0.1, 0.15) is 18.9 Å². The van der Waals surface area contributed by atoms with E-state index in [9.17, 15) is 0 Å². The Morgan fingerprint density at radius 2 is 1.81 bits per heavy atom. The van der Waals surface area contributed by atoms with Gasteiger partial charge in [0.15, 0.2) is 0 Å². The van der Waals surface area contributed by atoms with Gasteiger partial charge in [-0.25, -0.2) is 0 Å². The molecule has 0 amide bonds. The highest BCUT2D eigenvalue weighted by Gasteiger charge is 2.03. The summed E-state index contributed by atoms with van der Waals surface area (Å²) < 4.78 is 0. The lowest BCUT2D eigenvalue weighted by Crippen LogP contribution is -1.98. The molecular weight excluding hydrogens is 216 g/mol. The van der Waals surface area contributed by atoms with Crippen molar-refractivity contribution >= 4 is 22.4 Å². The molecule has 1 heteroatoms. The first-order valence-corrected chi connectivity index (χ1v) is 6.37. The van der Waals surface area contributed by atoms with E-state index in [-0.39, 0.29) is 0 Å². The van der Waals surface area contributed by atoms with Crippen molar-refractivity contribution in [1.82, 2.24) is 0 Å². The van der Waals surface area contributed by atoms with Gasteiger partial charge >= 0.3 is 0 Å². The van der Waals surface area contributed by atoms with Gasteiger partial charge in [0.1, 0.15) is 0 Å². The van der Waals surface area contributed by atoms with Crippen molar-refractivity contribution in [3.63, 3.8) is 0 Å². The topological polar surface area (TPSA) is 0 Å². The quantitative estimate of drug-likeness (QED) is 0.674. The molecule has 84 valence electrons. The Balaban J connectivity index is 2.23. The van der Waals surface area contributed by atoms with Crippen molar-refractivity contribution < 1.29 is 0 Å². The van der Waals surface area contributed by atoms with Crippen LogP contribution in [0.5, 0.6) is 0 Å². The van der Waals surface area contributed by atoms with Crippen LogP contribution in [-0.4, -0.2) is 5.88 Å². The van der Waals surface area contributed by atoms with Gasteiger partial charge in [0, 0.05) is 5.88 Å². The van der Waals surface area contributed by atoms with Crippen LogP contribution in [0.4, 0.5) is 0 Å². The molecular formula is C15H17Cl. The zero-order valence-corrected chi connectivity index (χ0v) is 10.4. The first kappa shape index (κ1) is 11.5. The van der Waals surface area contributed by atoms with Crippen molar-refractivity contribution in [3.8, 4) is 0 Å². The average Bonchev–Trinajstić information content (AvgIpc) is 2.35. The van der Waals surface area contributed by atoms with Crippen LogP contribution in [0, 0.1) is 5.92 Å². The normalized spacial score (nSPS) is 12.9. The highest BCUT2D eigenvalue weighted by atomic mass is 35.5. The minimum atomic E-state index is 0.598. The third-order valence-corrected chi connectivity index (χ3v) is 3.58. The van der Waals surface area contributed by atoms with Crippen LogP contribution in [-0.2, 0) is 6.42 Å². The number of aryl methyl sites for hydroxylation is 1. The molecule has 0 aromatic heterocycles. The van der Waals surface area contributed by atoms with Gasteiger partial charge in [0.25, 0.3) is 0 Å². The Kier molecular flexibility index (Phi) is 3.84. The first-order chi connectivity index (χ1) is 7.81. The number of rotatable bonds is 4. The molecule has 2 aromatic carbocycles. The molecule has 1 atom stereocenters. The van der Waals surface area contributed by atoms with E-state index in [1.165, 1.54) is 16.3 Å². The van der Waals surface area contributed by atoms with E-state index in [1.54, 1.807) is 0 Å². The molecule has 0 radical (unpaired) electrons. The van der Waals surface area contributed by atoms with Gasteiger partial charge < -0.3 is 0 Å². The average molecular weight is 233 g/mol. The molecule has 0 aliphatic carbocycles. The highest BCUT2D eigenvalue weighted by molar-refractivity contribution is 6.18. The van der Waals surface area contributed by atoms with Gasteiger partial charge in [0.05, 0.1) is 0 Å². The van der Waals surface area contributed by atoms with E-state index in [2.05, 4.69) is 49.4 Å². The summed E-state index contributed by atoms with van der Waals surface area (Å²) >= 11 is 5.84. The summed E-state index contributed by atoms with van der Waals surface area (Å²) in [6.45, 7) is 2.21. The molecule has 0 heterocycles. The summed E-state index contributed by atoms with van der Waals surface area (Å²) in [5.41, 5.74) is 1.44. The Labute approximate surface area is 102 Å². The molecule has 0 saturated carbocycles. The molecule has 0 aliphatic heterocycles. The fraction of sp³-hybridized carbons (Fsp3) is 0.333. The van der Waals surface area contributed by atoms with Gasteiger partial charge in [-0.3, -0.25) is 0 Å². The minimum Gasteiger partial charge on any atom is -0.126 e. The van der Waals surface area contributed by atoms with Crippen molar-refractivity contribution in [2.45, 2.75) is 19.8 Å². The lowest BCUT2D eigenvalue weighted by molar-refractivity contribution is 0.594. The largest absolute Gasteiger partial charge is 0.126 e. The molecule has 0 N–H and O–H groups in total. The molecule has 0 spiro atoms. The molecule has 1 unspecified atom stereocenters. The molecule has 2 rings (SSSR count). The lowest BCUT2D eigenvalue weighted by Gasteiger charge is -2.09. The molecule has 16 heavy (non-hydrogen) atoms. The van der Waals surface area contributed by atoms with Gasteiger partial charge in [-0.05, 0) is 35.1 Å². The summed E-state index contributed by atoms with van der Waals surface area (Å²) in [4.78, 5) is 0. The van der Waals surface area contributed by atoms with Crippen molar-refractivity contribution in [3.05, 3.63) is 48.0 Å². The number of halogens is 1. The summed E-state index contributed by atoms with van der Waals surface area (Å²) in [5.74, 6) is 1.35. The molecule has 2 aromatic rings. The van der Waals surface area contributed by atoms with E-state index < -0.39 is 0 Å². The number of fused-ring (bicyclic) bond motifs is 1. The maximum absolute atomic E-state index is 5.84. The van der Waals surface area contributed by atoms with Crippen LogP contribution >= 0.6 is 11.6 Å². The van der Waals surface area contributed by atoms with E-state index >= 15 is 0 Å². The van der Waals surface area contributed by atoms with Crippen LogP contribution < -0.4 is 0 Å². The monoisotopic (exact) mass is 232 g/mol. The van der Waals surface area contributed by atoms with Gasteiger partial charge in [-0.2, -0.15) is 0 Å². The Morgan fingerprint density at radius 3 is 2.62 bits per heavy atom. The van der Waals surface area contributed by atoms with Crippen molar-refractivity contribution in [1.29, 1.82) is 0 Å². The second kappa shape index (κ2) is 5.36. The number of alkyl halides is 1. The summed E-state index contributed by atoms with van der Waals surface area (Å²) in [7, 11) is 0. The van der Waals surface area contributed by atoms with Crippen LogP contribution in [0.3, 0.4) is 0 Å².